The molecule has 17 heavy (non-hydrogen) atoms. The van der Waals surface area contributed by atoms with Crippen molar-refractivity contribution in [2.45, 2.75) is 19.4 Å². The minimum absolute atomic E-state index is 0.0716. The molecular formula is C12H17IN2O2. The SMILES string of the molecule is COc1ccc(C(=O)NCCC(C)N)c(I)c1. The van der Waals surface area contributed by atoms with Crippen molar-refractivity contribution in [3.8, 4) is 5.75 Å². The highest BCUT2D eigenvalue weighted by Gasteiger charge is 2.10. The second-order valence-electron chi connectivity index (χ2n) is 3.87. The number of nitrogens with two attached hydrogens (primary N) is 1. The van der Waals surface area contributed by atoms with Gasteiger partial charge in [0.1, 0.15) is 5.75 Å². The molecule has 5 heteroatoms. The number of benzene rings is 1. The van der Waals surface area contributed by atoms with Gasteiger partial charge in [-0.3, -0.25) is 4.79 Å². The maximum absolute atomic E-state index is 11.8. The smallest absolute Gasteiger partial charge is 0.252 e. The third-order valence-electron chi connectivity index (χ3n) is 2.31. The summed E-state index contributed by atoms with van der Waals surface area (Å²) in [5.41, 5.74) is 6.28. The molecule has 1 aromatic carbocycles. The standard InChI is InChI=1S/C12H17IN2O2/c1-8(14)5-6-15-12(16)10-4-3-9(17-2)7-11(10)13/h3-4,7-8H,5-6,14H2,1-2H3,(H,15,16). The minimum Gasteiger partial charge on any atom is -0.497 e. The van der Waals surface area contributed by atoms with Gasteiger partial charge in [0, 0.05) is 16.2 Å². The molecule has 0 aliphatic heterocycles. The van der Waals surface area contributed by atoms with Crippen LogP contribution in [0.4, 0.5) is 0 Å². The number of methoxy groups -OCH3 is 1. The summed E-state index contributed by atoms with van der Waals surface area (Å²) in [5, 5.41) is 2.84. The second-order valence-corrected chi connectivity index (χ2v) is 5.03. The first-order valence-corrected chi connectivity index (χ1v) is 6.49. The van der Waals surface area contributed by atoms with Crippen molar-refractivity contribution in [1.82, 2.24) is 5.32 Å². The summed E-state index contributed by atoms with van der Waals surface area (Å²) in [6.07, 6.45) is 0.776. The Morgan fingerprint density at radius 2 is 2.29 bits per heavy atom. The van der Waals surface area contributed by atoms with E-state index >= 15 is 0 Å². The van der Waals surface area contributed by atoms with Gasteiger partial charge in [-0.05, 0) is 54.1 Å². The van der Waals surface area contributed by atoms with Gasteiger partial charge in [-0.25, -0.2) is 0 Å². The Balaban J connectivity index is 2.63. The van der Waals surface area contributed by atoms with Crippen LogP contribution in [-0.4, -0.2) is 25.6 Å². The van der Waals surface area contributed by atoms with E-state index in [1.807, 2.05) is 13.0 Å². The molecule has 0 aromatic heterocycles. The highest BCUT2D eigenvalue weighted by Crippen LogP contribution is 2.19. The monoisotopic (exact) mass is 348 g/mol. The lowest BCUT2D eigenvalue weighted by molar-refractivity contribution is 0.0952. The molecule has 0 saturated heterocycles. The van der Waals surface area contributed by atoms with Gasteiger partial charge in [-0.1, -0.05) is 0 Å². The summed E-state index contributed by atoms with van der Waals surface area (Å²) in [6.45, 7) is 2.52. The Morgan fingerprint density at radius 1 is 1.59 bits per heavy atom. The number of amides is 1. The van der Waals surface area contributed by atoms with Gasteiger partial charge in [0.25, 0.3) is 5.91 Å². The van der Waals surface area contributed by atoms with Gasteiger partial charge in [-0.2, -0.15) is 0 Å². The molecule has 4 nitrogen and oxygen atoms in total. The zero-order valence-electron chi connectivity index (χ0n) is 10.00. The van der Waals surface area contributed by atoms with Crippen LogP contribution in [0.3, 0.4) is 0 Å². The van der Waals surface area contributed by atoms with Gasteiger partial charge in [0.15, 0.2) is 0 Å². The minimum atomic E-state index is -0.0716. The molecule has 0 aliphatic carbocycles. The fourth-order valence-electron chi connectivity index (χ4n) is 1.32. The molecule has 94 valence electrons. The van der Waals surface area contributed by atoms with Crippen LogP contribution in [0.2, 0.25) is 0 Å². The van der Waals surface area contributed by atoms with E-state index in [2.05, 4.69) is 27.9 Å². The topological polar surface area (TPSA) is 64.3 Å². The molecule has 1 aromatic rings. The van der Waals surface area contributed by atoms with Crippen LogP contribution in [0.15, 0.2) is 18.2 Å². The molecule has 1 rings (SSSR count). The van der Waals surface area contributed by atoms with Crippen LogP contribution in [0.5, 0.6) is 5.75 Å². The van der Waals surface area contributed by atoms with Crippen LogP contribution in [0, 0.1) is 3.57 Å². The predicted octanol–water partition coefficient (Wildman–Crippen LogP) is 1.77. The lowest BCUT2D eigenvalue weighted by Crippen LogP contribution is -2.29. The van der Waals surface area contributed by atoms with Crippen molar-refractivity contribution in [2.24, 2.45) is 5.73 Å². The van der Waals surface area contributed by atoms with E-state index in [9.17, 15) is 4.79 Å². The van der Waals surface area contributed by atoms with Gasteiger partial charge < -0.3 is 15.8 Å². The summed E-state index contributed by atoms with van der Waals surface area (Å²) in [7, 11) is 1.60. The zero-order valence-corrected chi connectivity index (χ0v) is 12.2. The third kappa shape index (κ3) is 4.51. The second kappa shape index (κ2) is 6.80. The molecule has 3 N–H and O–H groups in total. The molecule has 0 fully saturated rings. The number of nitrogens with one attached hydrogen (secondary N) is 1. The predicted molar refractivity (Wildman–Crippen MR) is 76.3 cm³/mol. The Morgan fingerprint density at radius 3 is 2.82 bits per heavy atom. The van der Waals surface area contributed by atoms with Crippen LogP contribution < -0.4 is 15.8 Å². The molecule has 1 unspecified atom stereocenters. The highest BCUT2D eigenvalue weighted by molar-refractivity contribution is 14.1. The van der Waals surface area contributed by atoms with Crippen molar-refractivity contribution in [2.75, 3.05) is 13.7 Å². The van der Waals surface area contributed by atoms with Crippen molar-refractivity contribution < 1.29 is 9.53 Å². The Kier molecular flexibility index (Phi) is 5.70. The highest BCUT2D eigenvalue weighted by atomic mass is 127. The summed E-state index contributed by atoms with van der Waals surface area (Å²) in [4.78, 5) is 11.8. The van der Waals surface area contributed by atoms with E-state index in [1.165, 1.54) is 0 Å². The largest absolute Gasteiger partial charge is 0.497 e. The Bertz CT molecular complexity index is 394. The lowest BCUT2D eigenvalue weighted by Gasteiger charge is -2.09. The third-order valence-corrected chi connectivity index (χ3v) is 3.20. The van der Waals surface area contributed by atoms with E-state index < -0.39 is 0 Å². The fraction of sp³-hybridized carbons (Fsp3) is 0.417. The quantitative estimate of drug-likeness (QED) is 0.798. The lowest BCUT2D eigenvalue weighted by atomic mass is 10.2. The number of ether oxygens (including phenoxy) is 1. The van der Waals surface area contributed by atoms with Gasteiger partial charge in [-0.15, -0.1) is 0 Å². The summed E-state index contributed by atoms with van der Waals surface area (Å²) in [5.74, 6) is 0.680. The maximum Gasteiger partial charge on any atom is 0.252 e. The van der Waals surface area contributed by atoms with Gasteiger partial charge >= 0.3 is 0 Å². The van der Waals surface area contributed by atoms with Crippen LogP contribution in [0.25, 0.3) is 0 Å². The van der Waals surface area contributed by atoms with E-state index in [1.54, 1.807) is 19.2 Å². The molecule has 0 saturated carbocycles. The number of carbonyl (C=O) groups excluding carboxylic acids is 1. The first kappa shape index (κ1) is 14.2. The molecule has 0 spiro atoms. The van der Waals surface area contributed by atoms with Crippen molar-refractivity contribution in [3.05, 3.63) is 27.3 Å². The normalized spacial score (nSPS) is 12.0. The molecule has 0 aliphatic rings. The van der Waals surface area contributed by atoms with E-state index in [0.717, 1.165) is 15.7 Å². The van der Waals surface area contributed by atoms with Gasteiger partial charge in [0.2, 0.25) is 0 Å². The number of rotatable bonds is 5. The Labute approximate surface area is 115 Å². The van der Waals surface area contributed by atoms with Crippen molar-refractivity contribution in [1.29, 1.82) is 0 Å². The molecular weight excluding hydrogens is 331 g/mol. The first-order chi connectivity index (χ1) is 8.04. The van der Waals surface area contributed by atoms with E-state index in [-0.39, 0.29) is 11.9 Å². The fourth-order valence-corrected chi connectivity index (χ4v) is 2.05. The molecule has 0 radical (unpaired) electrons. The number of halogens is 1. The molecule has 1 atom stereocenters. The zero-order chi connectivity index (χ0) is 12.8. The summed E-state index contributed by atoms with van der Waals surface area (Å²) < 4.78 is 5.96. The number of carbonyl (C=O) groups is 1. The molecule has 0 bridgehead atoms. The van der Waals surface area contributed by atoms with Gasteiger partial charge in [0.05, 0.1) is 12.7 Å². The Hall–Kier alpha value is -0.820. The summed E-state index contributed by atoms with van der Waals surface area (Å²) >= 11 is 2.12. The van der Waals surface area contributed by atoms with Crippen LogP contribution >= 0.6 is 22.6 Å². The summed E-state index contributed by atoms with van der Waals surface area (Å²) in [6, 6.07) is 5.48. The molecule has 0 heterocycles. The van der Waals surface area contributed by atoms with Crippen LogP contribution in [0.1, 0.15) is 23.7 Å². The maximum atomic E-state index is 11.8. The van der Waals surface area contributed by atoms with Crippen LogP contribution in [-0.2, 0) is 0 Å². The van der Waals surface area contributed by atoms with Crippen molar-refractivity contribution >= 4 is 28.5 Å². The van der Waals surface area contributed by atoms with E-state index in [0.29, 0.717) is 12.1 Å². The number of hydrogen-bond acceptors (Lipinski definition) is 3. The van der Waals surface area contributed by atoms with E-state index in [4.69, 9.17) is 10.5 Å². The molecule has 1 amide bonds. The first-order valence-electron chi connectivity index (χ1n) is 5.42. The number of hydrogen-bond donors (Lipinski definition) is 2. The average Bonchev–Trinajstić information content (AvgIpc) is 2.28. The van der Waals surface area contributed by atoms with Crippen molar-refractivity contribution in [3.63, 3.8) is 0 Å². The average molecular weight is 348 g/mol.